The van der Waals surface area contributed by atoms with Gasteiger partial charge in [0, 0.05) is 6.92 Å². The lowest BCUT2D eigenvalue weighted by Gasteiger charge is -2.10. The largest absolute Gasteiger partial charge is 0.249 e. The molecule has 0 spiro atoms. The SMILES string of the molecule is CC1=[NH+]c2cccc3cccc(c23)N1. The van der Waals surface area contributed by atoms with Crippen molar-refractivity contribution in [1.82, 2.24) is 0 Å². The van der Waals surface area contributed by atoms with Gasteiger partial charge < -0.3 is 0 Å². The first-order chi connectivity index (χ1) is 6.84. The molecule has 14 heavy (non-hydrogen) atoms. The standard InChI is InChI=1S/C12H10N2/c1-8-13-10-6-2-4-9-5-3-7-11(14-8)12(9)10/h2-7H,1H3,(H,13,14)/p+1. The van der Waals surface area contributed by atoms with E-state index < -0.39 is 0 Å². The highest BCUT2D eigenvalue weighted by molar-refractivity contribution is 6.08. The van der Waals surface area contributed by atoms with Gasteiger partial charge in [-0.15, -0.1) is 0 Å². The molecule has 0 unspecified atom stereocenters. The summed E-state index contributed by atoms with van der Waals surface area (Å²) in [5.74, 6) is 1.08. The van der Waals surface area contributed by atoms with Crippen molar-refractivity contribution in [3.8, 4) is 0 Å². The number of anilines is 1. The summed E-state index contributed by atoms with van der Waals surface area (Å²) in [6.45, 7) is 2.04. The maximum Gasteiger partial charge on any atom is 0.249 e. The van der Waals surface area contributed by atoms with Crippen LogP contribution in [0.5, 0.6) is 0 Å². The number of amidine groups is 1. The fourth-order valence-electron chi connectivity index (χ4n) is 1.98. The van der Waals surface area contributed by atoms with Gasteiger partial charge in [-0.3, -0.25) is 0 Å². The van der Waals surface area contributed by atoms with Gasteiger partial charge >= 0.3 is 0 Å². The third-order valence-corrected chi connectivity index (χ3v) is 2.55. The van der Waals surface area contributed by atoms with Crippen LogP contribution in [-0.4, -0.2) is 5.84 Å². The Balaban J connectivity index is 2.50. The van der Waals surface area contributed by atoms with Crippen LogP contribution in [0.4, 0.5) is 11.4 Å². The summed E-state index contributed by atoms with van der Waals surface area (Å²) in [5.41, 5.74) is 2.38. The van der Waals surface area contributed by atoms with Crippen LogP contribution in [0.3, 0.4) is 0 Å². The van der Waals surface area contributed by atoms with Crippen molar-refractivity contribution in [1.29, 1.82) is 0 Å². The molecule has 1 aliphatic rings. The lowest BCUT2D eigenvalue weighted by molar-refractivity contribution is -0.352. The molecule has 0 fully saturated rings. The van der Waals surface area contributed by atoms with E-state index in [9.17, 15) is 0 Å². The number of hydrogen-bond acceptors (Lipinski definition) is 1. The van der Waals surface area contributed by atoms with E-state index >= 15 is 0 Å². The molecule has 2 aromatic carbocycles. The zero-order valence-electron chi connectivity index (χ0n) is 7.96. The summed E-state index contributed by atoms with van der Waals surface area (Å²) in [6, 6.07) is 12.6. The molecule has 3 rings (SSSR count). The van der Waals surface area contributed by atoms with Gasteiger partial charge in [-0.25, -0.2) is 10.3 Å². The van der Waals surface area contributed by atoms with Crippen LogP contribution in [0.1, 0.15) is 6.92 Å². The van der Waals surface area contributed by atoms with Crippen molar-refractivity contribution in [3.05, 3.63) is 36.4 Å². The van der Waals surface area contributed by atoms with Gasteiger partial charge in [0.25, 0.3) is 0 Å². The molecule has 0 radical (unpaired) electrons. The summed E-state index contributed by atoms with van der Waals surface area (Å²) < 4.78 is 0. The first-order valence-electron chi connectivity index (χ1n) is 4.74. The van der Waals surface area contributed by atoms with Crippen molar-refractivity contribution in [2.24, 2.45) is 0 Å². The second-order valence-corrected chi connectivity index (χ2v) is 3.58. The van der Waals surface area contributed by atoms with Gasteiger partial charge in [0.1, 0.15) is 11.4 Å². The van der Waals surface area contributed by atoms with Gasteiger partial charge in [-0.1, -0.05) is 24.3 Å². The monoisotopic (exact) mass is 183 g/mol. The minimum Gasteiger partial charge on any atom is -0.244 e. The summed E-state index contributed by atoms with van der Waals surface area (Å²) in [6.07, 6.45) is 0. The van der Waals surface area contributed by atoms with Crippen molar-refractivity contribution in [2.45, 2.75) is 6.92 Å². The highest BCUT2D eigenvalue weighted by Crippen LogP contribution is 2.28. The fourth-order valence-corrected chi connectivity index (χ4v) is 1.98. The topological polar surface area (TPSA) is 26.0 Å². The van der Waals surface area contributed by atoms with Crippen LogP contribution in [0.2, 0.25) is 0 Å². The zero-order chi connectivity index (χ0) is 9.54. The minimum atomic E-state index is 1.08. The quantitative estimate of drug-likeness (QED) is 0.634. The van der Waals surface area contributed by atoms with Crippen LogP contribution in [0.25, 0.3) is 10.8 Å². The van der Waals surface area contributed by atoms with E-state index in [0.717, 1.165) is 5.84 Å². The lowest BCUT2D eigenvalue weighted by Crippen LogP contribution is -2.69. The molecule has 0 saturated carbocycles. The van der Waals surface area contributed by atoms with Crippen molar-refractivity contribution >= 4 is 28.0 Å². The van der Waals surface area contributed by atoms with E-state index in [1.807, 2.05) is 6.92 Å². The van der Waals surface area contributed by atoms with Crippen LogP contribution in [0.15, 0.2) is 36.4 Å². The summed E-state index contributed by atoms with van der Waals surface area (Å²) in [4.78, 5) is 3.33. The molecule has 2 nitrogen and oxygen atoms in total. The van der Waals surface area contributed by atoms with Crippen molar-refractivity contribution in [2.75, 3.05) is 5.32 Å². The van der Waals surface area contributed by atoms with E-state index in [1.165, 1.54) is 22.1 Å². The van der Waals surface area contributed by atoms with Gasteiger partial charge in [-0.2, -0.15) is 0 Å². The second kappa shape index (κ2) is 2.58. The molecule has 0 atom stereocenters. The van der Waals surface area contributed by atoms with E-state index in [4.69, 9.17) is 0 Å². The molecule has 1 heterocycles. The first kappa shape index (κ1) is 7.56. The molecule has 0 aliphatic carbocycles. The first-order valence-corrected chi connectivity index (χ1v) is 4.74. The zero-order valence-corrected chi connectivity index (χ0v) is 7.96. The highest BCUT2D eigenvalue weighted by Gasteiger charge is 2.16. The van der Waals surface area contributed by atoms with Crippen LogP contribution in [-0.2, 0) is 0 Å². The minimum absolute atomic E-state index is 1.08. The predicted octanol–water partition coefficient (Wildman–Crippen LogP) is 1.40. The van der Waals surface area contributed by atoms with Crippen molar-refractivity contribution in [3.63, 3.8) is 0 Å². The summed E-state index contributed by atoms with van der Waals surface area (Å²) >= 11 is 0. The summed E-state index contributed by atoms with van der Waals surface area (Å²) in [7, 11) is 0. The number of nitrogens with one attached hydrogen (secondary N) is 2. The van der Waals surface area contributed by atoms with E-state index in [1.54, 1.807) is 0 Å². The third kappa shape index (κ3) is 0.940. The van der Waals surface area contributed by atoms with Crippen LogP contribution < -0.4 is 10.3 Å². The number of hydrogen-bond donors (Lipinski definition) is 2. The Morgan fingerprint density at radius 1 is 1.07 bits per heavy atom. The Morgan fingerprint density at radius 3 is 2.71 bits per heavy atom. The maximum absolute atomic E-state index is 3.33. The Labute approximate surface area is 82.3 Å². The molecular weight excluding hydrogens is 172 g/mol. The second-order valence-electron chi connectivity index (χ2n) is 3.58. The maximum atomic E-state index is 3.33. The smallest absolute Gasteiger partial charge is 0.244 e. The van der Waals surface area contributed by atoms with Crippen LogP contribution in [0, 0.1) is 0 Å². The van der Waals surface area contributed by atoms with Gasteiger partial charge in [0.05, 0.1) is 5.39 Å². The molecule has 2 N–H and O–H groups in total. The van der Waals surface area contributed by atoms with E-state index in [-0.39, 0.29) is 0 Å². The third-order valence-electron chi connectivity index (χ3n) is 2.55. The Hall–Kier alpha value is -1.83. The molecular formula is C12H11N2+. The Morgan fingerprint density at radius 2 is 1.86 bits per heavy atom. The van der Waals surface area contributed by atoms with Crippen LogP contribution >= 0.6 is 0 Å². The van der Waals surface area contributed by atoms with Gasteiger partial charge in [0.15, 0.2) is 0 Å². The lowest BCUT2D eigenvalue weighted by atomic mass is 10.1. The highest BCUT2D eigenvalue weighted by atomic mass is 15.0. The molecule has 0 bridgehead atoms. The van der Waals surface area contributed by atoms with Crippen molar-refractivity contribution < 1.29 is 4.99 Å². The predicted molar refractivity (Wildman–Crippen MR) is 58.9 cm³/mol. The molecule has 0 aromatic heterocycles. The molecule has 2 aromatic rings. The van der Waals surface area contributed by atoms with E-state index in [2.05, 4.69) is 46.7 Å². The molecule has 0 saturated heterocycles. The Bertz CT molecular complexity index is 536. The van der Waals surface area contributed by atoms with Gasteiger partial charge in [0.2, 0.25) is 5.84 Å². The molecule has 1 aliphatic heterocycles. The summed E-state index contributed by atoms with van der Waals surface area (Å²) in [5, 5.41) is 5.88. The number of benzene rings is 2. The molecule has 68 valence electrons. The fraction of sp³-hybridized carbons (Fsp3) is 0.0833. The van der Waals surface area contributed by atoms with Gasteiger partial charge in [-0.05, 0) is 17.5 Å². The molecule has 2 heteroatoms. The number of rotatable bonds is 0. The average Bonchev–Trinajstić information content (AvgIpc) is 2.18. The van der Waals surface area contributed by atoms with E-state index in [0.29, 0.717) is 0 Å². The molecule has 0 amide bonds. The Kier molecular flexibility index (Phi) is 1.39. The normalized spacial score (nSPS) is 13.6. The average molecular weight is 183 g/mol.